The van der Waals surface area contributed by atoms with Gasteiger partial charge in [0, 0.05) is 18.7 Å². The number of nitrogens with zero attached hydrogens (tertiary/aromatic N) is 3. The first-order valence-electron chi connectivity index (χ1n) is 10.1. The third-order valence-electron chi connectivity index (χ3n) is 6.14. The third kappa shape index (κ3) is 3.80. The third-order valence-corrected chi connectivity index (χ3v) is 6.46. The van der Waals surface area contributed by atoms with Crippen molar-refractivity contribution in [3.05, 3.63) is 46.5 Å². The summed E-state index contributed by atoms with van der Waals surface area (Å²) >= 11 is 6.19. The maximum Gasteiger partial charge on any atom is 0.254 e. The van der Waals surface area contributed by atoms with Gasteiger partial charge in [0.15, 0.2) is 0 Å². The molecule has 2 aromatic rings. The summed E-state index contributed by atoms with van der Waals surface area (Å²) in [5.41, 5.74) is 1.58. The molecule has 1 N–H and O–H groups in total. The predicted octanol–water partition coefficient (Wildman–Crippen LogP) is 3.97. The van der Waals surface area contributed by atoms with E-state index in [2.05, 4.69) is 15.3 Å². The highest BCUT2D eigenvalue weighted by atomic mass is 35.5. The first kappa shape index (κ1) is 19.4. The lowest BCUT2D eigenvalue weighted by Gasteiger charge is -2.44. The predicted molar refractivity (Wildman–Crippen MR) is 108 cm³/mol. The topological polar surface area (TPSA) is 50.2 Å². The smallest absolute Gasteiger partial charge is 0.254 e. The summed E-state index contributed by atoms with van der Waals surface area (Å²) in [6.45, 7) is 4.86. The van der Waals surface area contributed by atoms with Gasteiger partial charge in [0.1, 0.15) is 5.82 Å². The van der Waals surface area contributed by atoms with E-state index in [9.17, 15) is 9.18 Å². The molecular weight excluding hydrogens is 379 g/mol. The molecule has 1 aromatic carbocycles. The molecule has 0 spiro atoms. The van der Waals surface area contributed by atoms with Gasteiger partial charge in [-0.15, -0.1) is 0 Å². The number of hydrogen-bond donors (Lipinski definition) is 1. The van der Waals surface area contributed by atoms with Crippen LogP contribution in [-0.4, -0.2) is 46.3 Å². The molecule has 1 unspecified atom stereocenters. The minimum absolute atomic E-state index is 0.135. The Labute approximate surface area is 169 Å². The van der Waals surface area contributed by atoms with E-state index in [-0.39, 0.29) is 5.91 Å². The monoisotopic (exact) mass is 404 g/mol. The molecule has 7 heteroatoms. The SMILES string of the molecule is Cc1c(C(=O)NCC2CCCN3CCCC[C@H]23)cnn1-c1cc(F)ccc1Cl. The molecule has 0 saturated carbocycles. The van der Waals surface area contributed by atoms with Crippen molar-refractivity contribution in [1.82, 2.24) is 20.0 Å². The Morgan fingerprint density at radius 2 is 2.11 bits per heavy atom. The number of aromatic nitrogens is 2. The first-order valence-corrected chi connectivity index (χ1v) is 10.4. The number of hydrogen-bond acceptors (Lipinski definition) is 3. The number of carbonyl (C=O) groups excluding carboxylic acids is 1. The second kappa shape index (κ2) is 8.21. The zero-order chi connectivity index (χ0) is 19.7. The summed E-state index contributed by atoms with van der Waals surface area (Å²) < 4.78 is 15.1. The van der Waals surface area contributed by atoms with Crippen LogP contribution in [-0.2, 0) is 0 Å². The van der Waals surface area contributed by atoms with Gasteiger partial charge >= 0.3 is 0 Å². The van der Waals surface area contributed by atoms with Crippen LogP contribution < -0.4 is 5.32 Å². The van der Waals surface area contributed by atoms with Gasteiger partial charge in [-0.25, -0.2) is 9.07 Å². The average Bonchev–Trinajstić information content (AvgIpc) is 3.09. The molecule has 0 radical (unpaired) electrons. The molecule has 2 saturated heterocycles. The molecule has 2 aliphatic heterocycles. The lowest BCUT2D eigenvalue weighted by molar-refractivity contribution is 0.0575. The Kier molecular flexibility index (Phi) is 5.69. The lowest BCUT2D eigenvalue weighted by Crippen LogP contribution is -2.51. The second-order valence-electron chi connectivity index (χ2n) is 7.86. The fourth-order valence-electron chi connectivity index (χ4n) is 4.66. The van der Waals surface area contributed by atoms with E-state index in [4.69, 9.17) is 11.6 Å². The molecule has 5 nitrogen and oxygen atoms in total. The molecule has 3 heterocycles. The van der Waals surface area contributed by atoms with Crippen molar-refractivity contribution < 1.29 is 9.18 Å². The van der Waals surface area contributed by atoms with Gasteiger partial charge in [-0.05, 0) is 63.7 Å². The van der Waals surface area contributed by atoms with Gasteiger partial charge in [-0.1, -0.05) is 18.0 Å². The standard InChI is InChI=1S/C21H26ClFN4O/c1-14-17(13-25-27(14)20-11-16(23)7-8-18(20)22)21(28)24-12-15-5-4-10-26-9-3-2-6-19(15)26/h7-8,11,13,15,19H,2-6,9-10,12H2,1H3,(H,24,28)/t15?,19-/m1/s1. The van der Waals surface area contributed by atoms with Crippen LogP contribution in [0.25, 0.3) is 5.69 Å². The Morgan fingerprint density at radius 3 is 2.96 bits per heavy atom. The van der Waals surface area contributed by atoms with Crippen molar-refractivity contribution in [3.63, 3.8) is 0 Å². The highest BCUT2D eigenvalue weighted by Crippen LogP contribution is 2.30. The van der Waals surface area contributed by atoms with Crippen molar-refractivity contribution in [2.75, 3.05) is 19.6 Å². The van der Waals surface area contributed by atoms with Crippen LogP contribution in [0.15, 0.2) is 24.4 Å². The van der Waals surface area contributed by atoms with Gasteiger partial charge in [0.2, 0.25) is 0 Å². The van der Waals surface area contributed by atoms with E-state index in [1.165, 1.54) is 74.3 Å². The summed E-state index contributed by atoms with van der Waals surface area (Å²) in [6.07, 6.45) is 7.70. The number of halogens is 2. The van der Waals surface area contributed by atoms with E-state index in [0.29, 0.717) is 40.5 Å². The molecule has 0 aliphatic carbocycles. The molecule has 2 fully saturated rings. The fourth-order valence-corrected chi connectivity index (χ4v) is 4.86. The first-order chi connectivity index (χ1) is 13.5. The van der Waals surface area contributed by atoms with Gasteiger partial charge < -0.3 is 10.2 Å². The largest absolute Gasteiger partial charge is 0.352 e. The second-order valence-corrected chi connectivity index (χ2v) is 8.27. The molecule has 1 amide bonds. The molecule has 150 valence electrons. The van der Waals surface area contributed by atoms with Crippen molar-refractivity contribution in [2.24, 2.45) is 5.92 Å². The summed E-state index contributed by atoms with van der Waals surface area (Å²) in [7, 11) is 0. The minimum atomic E-state index is -0.394. The summed E-state index contributed by atoms with van der Waals surface area (Å²) in [5.74, 6) is -0.0233. The summed E-state index contributed by atoms with van der Waals surface area (Å²) in [6, 6.07) is 4.71. The molecule has 28 heavy (non-hydrogen) atoms. The van der Waals surface area contributed by atoms with E-state index in [0.717, 1.165) is 0 Å². The zero-order valence-electron chi connectivity index (χ0n) is 16.1. The number of nitrogens with one attached hydrogen (secondary N) is 1. The Balaban J connectivity index is 1.45. The van der Waals surface area contributed by atoms with Gasteiger partial charge in [0.05, 0.1) is 28.2 Å². The normalized spacial score (nSPS) is 22.7. The van der Waals surface area contributed by atoms with Crippen molar-refractivity contribution in [1.29, 1.82) is 0 Å². The molecule has 2 atom stereocenters. The number of amides is 1. The number of benzene rings is 1. The van der Waals surface area contributed by atoms with Crippen LogP contribution in [0.1, 0.15) is 48.2 Å². The van der Waals surface area contributed by atoms with Gasteiger partial charge in [-0.3, -0.25) is 4.79 Å². The Morgan fingerprint density at radius 1 is 1.29 bits per heavy atom. The number of carbonyl (C=O) groups is 1. The molecular formula is C21H26ClFN4O. The van der Waals surface area contributed by atoms with Crippen LogP contribution in [0, 0.1) is 18.7 Å². The molecule has 1 aromatic heterocycles. The van der Waals surface area contributed by atoms with Crippen LogP contribution in [0.2, 0.25) is 5.02 Å². The van der Waals surface area contributed by atoms with Crippen molar-refractivity contribution >= 4 is 17.5 Å². The van der Waals surface area contributed by atoms with Crippen molar-refractivity contribution in [2.45, 2.75) is 45.1 Å². The van der Waals surface area contributed by atoms with Gasteiger partial charge in [0.25, 0.3) is 5.91 Å². The van der Waals surface area contributed by atoms with Crippen LogP contribution >= 0.6 is 11.6 Å². The molecule has 0 bridgehead atoms. The fraction of sp³-hybridized carbons (Fsp3) is 0.524. The Bertz CT molecular complexity index is 866. The van der Waals surface area contributed by atoms with Crippen LogP contribution in [0.5, 0.6) is 0 Å². The van der Waals surface area contributed by atoms with E-state index >= 15 is 0 Å². The van der Waals surface area contributed by atoms with E-state index < -0.39 is 5.82 Å². The highest BCUT2D eigenvalue weighted by molar-refractivity contribution is 6.32. The van der Waals surface area contributed by atoms with Gasteiger partial charge in [-0.2, -0.15) is 5.10 Å². The quantitative estimate of drug-likeness (QED) is 0.838. The highest BCUT2D eigenvalue weighted by Gasteiger charge is 2.33. The maximum absolute atomic E-state index is 13.6. The number of rotatable bonds is 4. The lowest BCUT2D eigenvalue weighted by atomic mass is 9.83. The van der Waals surface area contributed by atoms with Crippen molar-refractivity contribution in [3.8, 4) is 5.69 Å². The minimum Gasteiger partial charge on any atom is -0.352 e. The number of fused-ring (bicyclic) bond motifs is 1. The zero-order valence-corrected chi connectivity index (χ0v) is 16.9. The summed E-state index contributed by atoms with van der Waals surface area (Å²) in [5, 5.41) is 7.76. The number of piperidine rings is 2. The van der Waals surface area contributed by atoms with Crippen LogP contribution in [0.4, 0.5) is 4.39 Å². The van der Waals surface area contributed by atoms with E-state index in [1.54, 1.807) is 6.92 Å². The molecule has 2 aliphatic rings. The Hall–Kier alpha value is -1.92. The maximum atomic E-state index is 13.6. The van der Waals surface area contributed by atoms with Crippen LogP contribution in [0.3, 0.4) is 0 Å². The van der Waals surface area contributed by atoms with E-state index in [1.807, 2.05) is 0 Å². The summed E-state index contributed by atoms with van der Waals surface area (Å²) in [4.78, 5) is 15.4. The molecule has 4 rings (SSSR count). The average molecular weight is 405 g/mol.